The van der Waals surface area contributed by atoms with Gasteiger partial charge in [0.2, 0.25) is 15.9 Å². The third-order valence-electron chi connectivity index (χ3n) is 6.45. The molecule has 0 unspecified atom stereocenters. The maximum absolute atomic E-state index is 12.6. The number of piperidine rings is 1. The monoisotopic (exact) mass is 485 g/mol. The number of anilines is 2. The van der Waals surface area contributed by atoms with Crippen molar-refractivity contribution in [2.75, 3.05) is 35.1 Å². The highest BCUT2D eigenvalue weighted by atomic mass is 32.2. The number of nitrogens with one attached hydrogen (secondary N) is 1. The Bertz CT molecular complexity index is 1060. The number of hydrogen-bond donors (Lipinski definition) is 1. The summed E-state index contributed by atoms with van der Waals surface area (Å²) < 4.78 is 26.1. The van der Waals surface area contributed by atoms with E-state index in [1.807, 2.05) is 39.0 Å². The predicted molar refractivity (Wildman–Crippen MR) is 141 cm³/mol. The summed E-state index contributed by atoms with van der Waals surface area (Å²) in [4.78, 5) is 15.0. The van der Waals surface area contributed by atoms with Crippen LogP contribution in [0.1, 0.15) is 62.3 Å². The first kappa shape index (κ1) is 26.1. The number of amides is 1. The van der Waals surface area contributed by atoms with E-state index in [0.29, 0.717) is 12.1 Å². The minimum Gasteiger partial charge on any atom is -0.371 e. The van der Waals surface area contributed by atoms with Crippen molar-refractivity contribution in [3.05, 3.63) is 59.2 Å². The van der Waals surface area contributed by atoms with E-state index in [-0.39, 0.29) is 24.9 Å². The Hall–Kier alpha value is -2.54. The van der Waals surface area contributed by atoms with Gasteiger partial charge in [0.05, 0.1) is 18.0 Å². The largest absolute Gasteiger partial charge is 0.371 e. The average molecular weight is 486 g/mol. The second-order valence-electron chi connectivity index (χ2n) is 9.86. The quantitative estimate of drug-likeness (QED) is 0.545. The van der Waals surface area contributed by atoms with Crippen LogP contribution in [0.5, 0.6) is 0 Å². The van der Waals surface area contributed by atoms with Gasteiger partial charge in [-0.3, -0.25) is 9.10 Å². The van der Waals surface area contributed by atoms with Crippen molar-refractivity contribution >= 4 is 27.3 Å². The predicted octanol–water partition coefficient (Wildman–Crippen LogP) is 4.96. The zero-order valence-corrected chi connectivity index (χ0v) is 22.0. The van der Waals surface area contributed by atoms with Crippen molar-refractivity contribution in [2.24, 2.45) is 5.92 Å². The van der Waals surface area contributed by atoms with Crippen LogP contribution in [0.15, 0.2) is 42.5 Å². The second-order valence-corrected chi connectivity index (χ2v) is 11.8. The lowest BCUT2D eigenvalue weighted by atomic mass is 9.99. The van der Waals surface area contributed by atoms with E-state index in [1.54, 1.807) is 0 Å². The van der Waals surface area contributed by atoms with Crippen LogP contribution in [-0.2, 0) is 14.8 Å². The molecule has 1 saturated heterocycles. The summed E-state index contributed by atoms with van der Waals surface area (Å²) in [7, 11) is -3.43. The summed E-state index contributed by atoms with van der Waals surface area (Å²) >= 11 is 0. The van der Waals surface area contributed by atoms with Crippen LogP contribution in [-0.4, -0.2) is 40.2 Å². The number of carbonyl (C=O) groups is 1. The maximum atomic E-state index is 12.6. The molecule has 2 aromatic rings. The highest BCUT2D eigenvalue weighted by Gasteiger charge is 2.19. The standard InChI is InChI=1S/C27H39N3O3S/c1-20-8-6-14-29(19-20)25-12-10-24(11-13-25)23(4)28-27(31)9-7-15-30(34(5,32)33)26-17-21(2)16-22(3)18-26/h10-13,16-18,20,23H,6-9,14-15,19H2,1-5H3,(H,28,31)/t20-,23+/m1/s1. The fourth-order valence-corrected chi connectivity index (χ4v) is 5.71. The average Bonchev–Trinajstić information content (AvgIpc) is 2.75. The SMILES string of the molecule is Cc1cc(C)cc(N(CCCC(=O)N[C@@H](C)c2ccc(N3CCC[C@@H](C)C3)cc2)S(C)(=O)=O)c1. The highest BCUT2D eigenvalue weighted by molar-refractivity contribution is 7.92. The van der Waals surface area contributed by atoms with E-state index < -0.39 is 10.0 Å². The van der Waals surface area contributed by atoms with Gasteiger partial charge < -0.3 is 10.2 Å². The molecule has 0 aliphatic carbocycles. The van der Waals surface area contributed by atoms with Crippen LogP contribution in [0.2, 0.25) is 0 Å². The molecule has 0 spiro atoms. The fourth-order valence-electron chi connectivity index (χ4n) is 4.76. The first-order valence-corrected chi connectivity index (χ1v) is 14.1. The van der Waals surface area contributed by atoms with E-state index in [1.165, 1.54) is 29.1 Å². The van der Waals surface area contributed by atoms with Crippen LogP contribution in [0, 0.1) is 19.8 Å². The molecule has 6 nitrogen and oxygen atoms in total. The molecular formula is C27H39N3O3S. The molecule has 1 amide bonds. The van der Waals surface area contributed by atoms with E-state index in [4.69, 9.17) is 0 Å². The molecule has 1 heterocycles. The van der Waals surface area contributed by atoms with E-state index in [0.717, 1.165) is 35.7 Å². The van der Waals surface area contributed by atoms with Crippen molar-refractivity contribution in [3.63, 3.8) is 0 Å². The van der Waals surface area contributed by atoms with Gasteiger partial charge in [-0.2, -0.15) is 0 Å². The molecule has 7 heteroatoms. The summed E-state index contributed by atoms with van der Waals surface area (Å²) in [6.45, 7) is 10.6. The number of aryl methyl sites for hydroxylation is 2. The summed E-state index contributed by atoms with van der Waals surface area (Å²) in [6.07, 6.45) is 4.45. The molecule has 0 saturated carbocycles. The zero-order valence-electron chi connectivity index (χ0n) is 21.2. The third kappa shape index (κ3) is 7.23. The normalized spacial score (nSPS) is 17.3. The molecule has 2 atom stereocenters. The molecule has 0 bridgehead atoms. The summed E-state index contributed by atoms with van der Waals surface area (Å²) in [5.74, 6) is 0.649. The van der Waals surface area contributed by atoms with Gasteiger partial charge in [-0.15, -0.1) is 0 Å². The van der Waals surface area contributed by atoms with Gasteiger partial charge in [0.25, 0.3) is 0 Å². The fraction of sp³-hybridized carbons (Fsp3) is 0.519. The number of nitrogens with zero attached hydrogens (tertiary/aromatic N) is 2. The lowest BCUT2D eigenvalue weighted by molar-refractivity contribution is -0.121. The summed E-state index contributed by atoms with van der Waals surface area (Å²) in [5, 5.41) is 3.05. The molecule has 3 rings (SSSR count). The van der Waals surface area contributed by atoms with Gasteiger partial charge in [-0.25, -0.2) is 8.42 Å². The zero-order chi connectivity index (χ0) is 24.9. The van der Waals surface area contributed by atoms with E-state index in [9.17, 15) is 13.2 Å². The Balaban J connectivity index is 1.53. The minimum absolute atomic E-state index is 0.0738. The number of benzene rings is 2. The second kappa shape index (κ2) is 11.3. The molecule has 0 radical (unpaired) electrons. The topological polar surface area (TPSA) is 69.7 Å². The van der Waals surface area contributed by atoms with Crippen molar-refractivity contribution in [1.29, 1.82) is 0 Å². The van der Waals surface area contributed by atoms with Crippen molar-refractivity contribution < 1.29 is 13.2 Å². The first-order chi connectivity index (χ1) is 16.0. The van der Waals surface area contributed by atoms with Gasteiger partial charge in [0, 0.05) is 31.7 Å². The Morgan fingerprint density at radius 3 is 2.38 bits per heavy atom. The van der Waals surface area contributed by atoms with Crippen LogP contribution in [0.25, 0.3) is 0 Å². The summed E-state index contributed by atoms with van der Waals surface area (Å²) in [5.41, 5.74) is 4.97. The maximum Gasteiger partial charge on any atom is 0.232 e. The van der Waals surface area contributed by atoms with E-state index in [2.05, 4.69) is 41.4 Å². The molecule has 1 aliphatic heterocycles. The van der Waals surface area contributed by atoms with Crippen molar-refractivity contribution in [2.45, 2.75) is 59.4 Å². The van der Waals surface area contributed by atoms with Gasteiger partial charge in [0.1, 0.15) is 0 Å². The highest BCUT2D eigenvalue weighted by Crippen LogP contribution is 2.25. The third-order valence-corrected chi connectivity index (χ3v) is 7.65. The minimum atomic E-state index is -3.43. The van der Waals surface area contributed by atoms with Gasteiger partial charge in [-0.1, -0.05) is 25.1 Å². The van der Waals surface area contributed by atoms with Gasteiger partial charge in [0.15, 0.2) is 0 Å². The van der Waals surface area contributed by atoms with Crippen LogP contribution >= 0.6 is 0 Å². The lowest BCUT2D eigenvalue weighted by Gasteiger charge is -2.33. The first-order valence-electron chi connectivity index (χ1n) is 12.2. The van der Waals surface area contributed by atoms with Crippen LogP contribution in [0.4, 0.5) is 11.4 Å². The number of carbonyl (C=O) groups excluding carboxylic acids is 1. The number of sulfonamides is 1. The van der Waals surface area contributed by atoms with Crippen molar-refractivity contribution in [3.8, 4) is 0 Å². The van der Waals surface area contributed by atoms with Crippen molar-refractivity contribution in [1.82, 2.24) is 5.32 Å². The Morgan fingerprint density at radius 1 is 1.15 bits per heavy atom. The molecule has 1 N–H and O–H groups in total. The molecule has 1 fully saturated rings. The molecule has 2 aromatic carbocycles. The Labute approximate surface area is 205 Å². The lowest BCUT2D eigenvalue weighted by Crippen LogP contribution is -2.34. The van der Waals surface area contributed by atoms with E-state index >= 15 is 0 Å². The molecule has 34 heavy (non-hydrogen) atoms. The molecule has 0 aromatic heterocycles. The number of hydrogen-bond acceptors (Lipinski definition) is 4. The molecule has 1 aliphatic rings. The van der Waals surface area contributed by atoms with Crippen LogP contribution < -0.4 is 14.5 Å². The van der Waals surface area contributed by atoms with Gasteiger partial charge in [-0.05, 0) is 86.9 Å². The summed E-state index contributed by atoms with van der Waals surface area (Å²) in [6, 6.07) is 14.1. The number of rotatable bonds is 9. The van der Waals surface area contributed by atoms with Crippen LogP contribution in [0.3, 0.4) is 0 Å². The molecular weight excluding hydrogens is 446 g/mol. The Morgan fingerprint density at radius 2 is 1.79 bits per heavy atom. The van der Waals surface area contributed by atoms with Gasteiger partial charge >= 0.3 is 0 Å². The smallest absolute Gasteiger partial charge is 0.232 e. The molecule has 186 valence electrons. The Kier molecular flexibility index (Phi) is 8.63.